The molecular weight excluding hydrogens is 242 g/mol. The van der Waals surface area contributed by atoms with E-state index in [1.54, 1.807) is 7.05 Å². The van der Waals surface area contributed by atoms with Gasteiger partial charge in [-0.3, -0.25) is 9.59 Å². The van der Waals surface area contributed by atoms with Gasteiger partial charge in [-0.15, -0.1) is 0 Å². The van der Waals surface area contributed by atoms with E-state index in [1.165, 1.54) is 11.0 Å². The first kappa shape index (κ1) is 15.7. The van der Waals surface area contributed by atoms with Crippen molar-refractivity contribution >= 4 is 11.8 Å². The van der Waals surface area contributed by atoms with Crippen molar-refractivity contribution in [3.63, 3.8) is 0 Å². The predicted molar refractivity (Wildman–Crippen MR) is 75.7 cm³/mol. The van der Waals surface area contributed by atoms with Crippen LogP contribution in [0.2, 0.25) is 0 Å². The molecule has 1 rings (SSSR count). The van der Waals surface area contributed by atoms with Crippen molar-refractivity contribution < 1.29 is 9.59 Å². The Labute approximate surface area is 115 Å². The summed E-state index contributed by atoms with van der Waals surface area (Å²) in [6.45, 7) is 8.36. The highest BCUT2D eigenvalue weighted by Crippen LogP contribution is 2.12. The van der Waals surface area contributed by atoms with Crippen LogP contribution in [0.4, 0.5) is 0 Å². The predicted octanol–water partition coefficient (Wildman–Crippen LogP) is 0.574. The summed E-state index contributed by atoms with van der Waals surface area (Å²) in [7, 11) is 3.72. The lowest BCUT2D eigenvalue weighted by molar-refractivity contribution is -0.138. The lowest BCUT2D eigenvalue weighted by Crippen LogP contribution is -2.47. The SMILES string of the molecule is C=CC(=O)N(C)CC(=O)N1CCCN(C)CC1CC. The average molecular weight is 267 g/mol. The summed E-state index contributed by atoms with van der Waals surface area (Å²) in [6.07, 6.45) is 3.16. The van der Waals surface area contributed by atoms with E-state index in [2.05, 4.69) is 25.5 Å². The van der Waals surface area contributed by atoms with Crippen molar-refractivity contribution in [1.29, 1.82) is 0 Å². The van der Waals surface area contributed by atoms with E-state index in [-0.39, 0.29) is 24.4 Å². The Balaban J connectivity index is 2.67. The average Bonchev–Trinajstić information content (AvgIpc) is 2.58. The van der Waals surface area contributed by atoms with Crippen LogP contribution in [-0.4, -0.2) is 72.8 Å². The van der Waals surface area contributed by atoms with E-state index in [4.69, 9.17) is 0 Å². The number of rotatable bonds is 4. The van der Waals surface area contributed by atoms with E-state index in [0.717, 1.165) is 32.5 Å². The van der Waals surface area contributed by atoms with Crippen LogP contribution in [-0.2, 0) is 9.59 Å². The summed E-state index contributed by atoms with van der Waals surface area (Å²) in [6, 6.07) is 0.243. The van der Waals surface area contributed by atoms with E-state index in [1.807, 2.05) is 4.90 Å². The molecule has 5 heteroatoms. The maximum Gasteiger partial charge on any atom is 0.246 e. The molecule has 0 bridgehead atoms. The third-order valence-corrected chi connectivity index (χ3v) is 3.62. The molecule has 1 atom stereocenters. The second-order valence-electron chi connectivity index (χ2n) is 5.16. The Morgan fingerprint density at radius 3 is 2.68 bits per heavy atom. The molecule has 0 N–H and O–H groups in total. The van der Waals surface area contributed by atoms with Gasteiger partial charge in [0.25, 0.3) is 0 Å². The van der Waals surface area contributed by atoms with Crippen molar-refractivity contribution in [2.45, 2.75) is 25.8 Å². The molecule has 0 aromatic heterocycles. The molecule has 0 aliphatic carbocycles. The minimum Gasteiger partial charge on any atom is -0.337 e. The zero-order valence-electron chi connectivity index (χ0n) is 12.3. The molecule has 0 spiro atoms. The molecule has 1 unspecified atom stereocenters. The zero-order valence-corrected chi connectivity index (χ0v) is 12.3. The van der Waals surface area contributed by atoms with Gasteiger partial charge in [0.2, 0.25) is 11.8 Å². The van der Waals surface area contributed by atoms with Gasteiger partial charge in [0.05, 0.1) is 6.54 Å². The molecule has 108 valence electrons. The third kappa shape index (κ3) is 4.35. The summed E-state index contributed by atoms with van der Waals surface area (Å²) in [4.78, 5) is 29.4. The fourth-order valence-electron chi connectivity index (χ4n) is 2.45. The number of hydrogen-bond donors (Lipinski definition) is 0. The summed E-state index contributed by atoms with van der Waals surface area (Å²) in [5.74, 6) is -0.187. The Bertz CT molecular complexity index is 344. The maximum absolute atomic E-state index is 12.3. The lowest BCUT2D eigenvalue weighted by atomic mass is 10.2. The molecule has 0 aromatic rings. The van der Waals surface area contributed by atoms with Crippen molar-refractivity contribution in [2.24, 2.45) is 0 Å². The molecule has 19 heavy (non-hydrogen) atoms. The number of nitrogens with zero attached hydrogens (tertiary/aromatic N) is 3. The third-order valence-electron chi connectivity index (χ3n) is 3.62. The second-order valence-corrected chi connectivity index (χ2v) is 5.16. The molecular formula is C14H25N3O2. The maximum atomic E-state index is 12.3. The van der Waals surface area contributed by atoms with Gasteiger partial charge >= 0.3 is 0 Å². The van der Waals surface area contributed by atoms with E-state index < -0.39 is 0 Å². The standard InChI is InChI=1S/C14H25N3O2/c1-5-12-10-15(3)8-7-9-17(12)14(19)11-16(4)13(18)6-2/h6,12H,2,5,7-11H2,1,3-4H3. The molecule has 1 fully saturated rings. The van der Waals surface area contributed by atoms with Crippen LogP contribution in [0.1, 0.15) is 19.8 Å². The number of carbonyl (C=O) groups is 2. The fraction of sp³-hybridized carbons (Fsp3) is 0.714. The van der Waals surface area contributed by atoms with E-state index in [0.29, 0.717) is 0 Å². The van der Waals surface area contributed by atoms with Gasteiger partial charge in [0.15, 0.2) is 0 Å². The van der Waals surface area contributed by atoms with Crippen molar-refractivity contribution in [1.82, 2.24) is 14.7 Å². The summed E-state index contributed by atoms with van der Waals surface area (Å²) < 4.78 is 0. The highest BCUT2D eigenvalue weighted by Gasteiger charge is 2.26. The van der Waals surface area contributed by atoms with E-state index in [9.17, 15) is 9.59 Å². The van der Waals surface area contributed by atoms with E-state index >= 15 is 0 Å². The lowest BCUT2D eigenvalue weighted by Gasteiger charge is -2.31. The van der Waals surface area contributed by atoms with Crippen LogP contribution in [0.25, 0.3) is 0 Å². The summed E-state index contributed by atoms with van der Waals surface area (Å²) in [5.41, 5.74) is 0. The number of carbonyl (C=O) groups excluding carboxylic acids is 2. The first-order valence-electron chi connectivity index (χ1n) is 6.85. The van der Waals surface area contributed by atoms with Gasteiger partial charge in [0.1, 0.15) is 0 Å². The van der Waals surface area contributed by atoms with Crippen LogP contribution >= 0.6 is 0 Å². The Hall–Kier alpha value is -1.36. The quantitative estimate of drug-likeness (QED) is 0.700. The first-order valence-corrected chi connectivity index (χ1v) is 6.85. The molecule has 1 heterocycles. The highest BCUT2D eigenvalue weighted by molar-refractivity contribution is 5.90. The highest BCUT2D eigenvalue weighted by atomic mass is 16.2. The minimum atomic E-state index is -0.215. The fourth-order valence-corrected chi connectivity index (χ4v) is 2.45. The largest absolute Gasteiger partial charge is 0.337 e. The zero-order chi connectivity index (χ0) is 14.4. The van der Waals surface area contributed by atoms with Crippen LogP contribution in [0, 0.1) is 0 Å². The molecule has 0 saturated carbocycles. The Morgan fingerprint density at radius 1 is 1.42 bits per heavy atom. The second kappa shape index (κ2) is 7.28. The van der Waals surface area contributed by atoms with Gasteiger partial charge < -0.3 is 14.7 Å². The van der Waals surface area contributed by atoms with Gasteiger partial charge in [-0.2, -0.15) is 0 Å². The molecule has 2 amide bonds. The number of likely N-dealkylation sites (N-methyl/N-ethyl adjacent to an activating group) is 2. The summed E-state index contributed by atoms with van der Waals surface area (Å²) >= 11 is 0. The topological polar surface area (TPSA) is 43.9 Å². The Kier molecular flexibility index (Phi) is 6.02. The van der Waals surface area contributed by atoms with Crippen molar-refractivity contribution in [3.05, 3.63) is 12.7 Å². The Morgan fingerprint density at radius 2 is 2.11 bits per heavy atom. The molecule has 1 aliphatic heterocycles. The monoisotopic (exact) mass is 267 g/mol. The van der Waals surface area contributed by atoms with Gasteiger partial charge in [-0.25, -0.2) is 0 Å². The van der Waals surface area contributed by atoms with Gasteiger partial charge in [0, 0.05) is 26.2 Å². The molecule has 0 radical (unpaired) electrons. The molecule has 0 aromatic carbocycles. The van der Waals surface area contributed by atoms with Crippen LogP contribution < -0.4 is 0 Å². The summed E-state index contributed by atoms with van der Waals surface area (Å²) in [5, 5.41) is 0. The smallest absolute Gasteiger partial charge is 0.246 e. The van der Waals surface area contributed by atoms with Gasteiger partial charge in [-0.1, -0.05) is 13.5 Å². The molecule has 5 nitrogen and oxygen atoms in total. The minimum absolute atomic E-state index is 0.0276. The van der Waals surface area contributed by atoms with Crippen LogP contribution in [0.15, 0.2) is 12.7 Å². The van der Waals surface area contributed by atoms with Crippen molar-refractivity contribution in [2.75, 3.05) is 40.3 Å². The van der Waals surface area contributed by atoms with Crippen LogP contribution in [0.5, 0.6) is 0 Å². The molecule has 1 aliphatic rings. The number of amides is 2. The molecule has 1 saturated heterocycles. The number of hydrogen-bond acceptors (Lipinski definition) is 3. The van der Waals surface area contributed by atoms with Crippen molar-refractivity contribution in [3.8, 4) is 0 Å². The first-order chi connectivity index (χ1) is 8.99. The van der Waals surface area contributed by atoms with Gasteiger partial charge in [-0.05, 0) is 32.5 Å². The van der Waals surface area contributed by atoms with Crippen LogP contribution in [0.3, 0.4) is 0 Å². The normalized spacial score (nSPS) is 20.8.